The van der Waals surface area contributed by atoms with Crippen molar-refractivity contribution in [3.8, 4) is 0 Å². The third-order valence-electron chi connectivity index (χ3n) is 3.01. The molecule has 0 aliphatic rings. The third kappa shape index (κ3) is 15.5. The standard InChI is InChI=1S/C12H22N4OS.2C2H4O2/c1-12(2,18-3)10(13)11(17)15-5-4-7-16-8-6-14-9-16;2*1-2(3)4/h6,8-10H,4-5,7,13H2,1-3H3,(H,15,17);2*1H3,(H,3,4)/t10-;;/m1../s1. The summed E-state index contributed by atoms with van der Waals surface area (Å²) in [6.45, 7) is 7.61. The fourth-order valence-corrected chi connectivity index (χ4v) is 1.81. The second kappa shape index (κ2) is 14.1. The van der Waals surface area contributed by atoms with Crippen LogP contribution in [0.1, 0.15) is 34.1 Å². The number of amides is 1. The molecule has 0 saturated heterocycles. The predicted molar refractivity (Wildman–Crippen MR) is 102 cm³/mol. The molecule has 0 fully saturated rings. The minimum atomic E-state index is -0.833. The Morgan fingerprint density at radius 3 is 2.15 bits per heavy atom. The average Bonchev–Trinajstić information content (AvgIpc) is 3.02. The van der Waals surface area contributed by atoms with Crippen molar-refractivity contribution >= 4 is 29.6 Å². The zero-order chi connectivity index (χ0) is 20.8. The summed E-state index contributed by atoms with van der Waals surface area (Å²) in [5, 5.41) is 17.7. The molecule has 1 atom stereocenters. The van der Waals surface area contributed by atoms with Gasteiger partial charge in [-0.2, -0.15) is 11.8 Å². The Morgan fingerprint density at radius 1 is 1.27 bits per heavy atom. The predicted octanol–water partition coefficient (Wildman–Crippen LogP) is 1.04. The number of nitrogens with one attached hydrogen (secondary N) is 1. The van der Waals surface area contributed by atoms with Crippen LogP contribution >= 0.6 is 11.8 Å². The van der Waals surface area contributed by atoms with Gasteiger partial charge in [0.05, 0.1) is 12.4 Å². The van der Waals surface area contributed by atoms with Crippen LogP contribution in [0.15, 0.2) is 18.7 Å². The van der Waals surface area contributed by atoms with E-state index in [0.717, 1.165) is 26.8 Å². The van der Waals surface area contributed by atoms with Gasteiger partial charge in [-0.05, 0) is 26.5 Å². The van der Waals surface area contributed by atoms with Gasteiger partial charge in [-0.3, -0.25) is 14.4 Å². The summed E-state index contributed by atoms with van der Waals surface area (Å²) in [6.07, 6.45) is 8.25. The molecule has 0 bridgehead atoms. The first-order valence-electron chi connectivity index (χ1n) is 7.87. The number of thioether (sulfide) groups is 1. The van der Waals surface area contributed by atoms with Gasteiger partial charge in [0.2, 0.25) is 5.91 Å². The van der Waals surface area contributed by atoms with E-state index in [0.29, 0.717) is 6.54 Å². The van der Waals surface area contributed by atoms with Gasteiger partial charge in [0.15, 0.2) is 0 Å². The van der Waals surface area contributed by atoms with Crippen molar-refractivity contribution in [2.75, 3.05) is 12.8 Å². The second-order valence-corrected chi connectivity index (χ2v) is 7.23. The van der Waals surface area contributed by atoms with Crippen molar-refractivity contribution < 1.29 is 24.6 Å². The van der Waals surface area contributed by atoms with Gasteiger partial charge in [-0.25, -0.2) is 4.98 Å². The van der Waals surface area contributed by atoms with E-state index in [2.05, 4.69) is 10.3 Å². The van der Waals surface area contributed by atoms with Crippen LogP contribution in [-0.4, -0.2) is 61.2 Å². The van der Waals surface area contributed by atoms with E-state index >= 15 is 0 Å². The second-order valence-electron chi connectivity index (χ2n) is 5.77. The fraction of sp³-hybridized carbons (Fsp3) is 0.625. The summed E-state index contributed by atoms with van der Waals surface area (Å²) in [5.74, 6) is -1.75. The molecule has 0 saturated carbocycles. The van der Waals surface area contributed by atoms with Gasteiger partial charge in [-0.1, -0.05) is 0 Å². The Bertz CT molecular complexity index is 515. The van der Waals surface area contributed by atoms with Crippen LogP contribution in [0, 0.1) is 0 Å². The molecule has 1 aromatic heterocycles. The van der Waals surface area contributed by atoms with Gasteiger partial charge in [0, 0.05) is 44.1 Å². The number of carboxylic acid groups (broad SMARTS) is 2. The van der Waals surface area contributed by atoms with E-state index in [4.69, 9.17) is 25.5 Å². The molecule has 26 heavy (non-hydrogen) atoms. The number of carboxylic acids is 2. The minimum absolute atomic E-state index is 0.0834. The topological polar surface area (TPSA) is 148 Å². The number of nitrogens with two attached hydrogens (primary N) is 1. The van der Waals surface area contributed by atoms with Gasteiger partial charge in [-0.15, -0.1) is 0 Å². The number of aryl methyl sites for hydroxylation is 1. The molecule has 1 rings (SSSR count). The first-order valence-corrected chi connectivity index (χ1v) is 9.09. The number of imidazole rings is 1. The number of carbonyl (C=O) groups excluding carboxylic acids is 1. The van der Waals surface area contributed by atoms with Crippen LogP contribution in [-0.2, 0) is 20.9 Å². The maximum Gasteiger partial charge on any atom is 0.300 e. The number of aliphatic carboxylic acids is 2. The summed E-state index contributed by atoms with van der Waals surface area (Å²) in [7, 11) is 0. The lowest BCUT2D eigenvalue weighted by molar-refractivity contribution is -0.135. The fourth-order valence-electron chi connectivity index (χ4n) is 1.44. The normalized spacial score (nSPS) is 11.2. The Balaban J connectivity index is 0. The molecule has 9 nitrogen and oxygen atoms in total. The monoisotopic (exact) mass is 390 g/mol. The number of hydrogen-bond donors (Lipinski definition) is 4. The maximum absolute atomic E-state index is 11.8. The molecule has 1 heterocycles. The minimum Gasteiger partial charge on any atom is -0.481 e. The largest absolute Gasteiger partial charge is 0.481 e. The molecular formula is C16H30N4O5S. The molecule has 0 aliphatic carbocycles. The average molecular weight is 391 g/mol. The van der Waals surface area contributed by atoms with Crippen LogP contribution in [0.25, 0.3) is 0 Å². The highest BCUT2D eigenvalue weighted by atomic mass is 32.2. The Kier molecular flexibility index (Phi) is 14.2. The molecule has 150 valence electrons. The van der Waals surface area contributed by atoms with Crippen molar-refractivity contribution in [2.45, 2.75) is 51.4 Å². The van der Waals surface area contributed by atoms with Crippen molar-refractivity contribution in [3.05, 3.63) is 18.7 Å². The Morgan fingerprint density at radius 2 is 1.77 bits per heavy atom. The molecule has 0 spiro atoms. The molecular weight excluding hydrogens is 360 g/mol. The van der Waals surface area contributed by atoms with Crippen LogP contribution < -0.4 is 11.1 Å². The van der Waals surface area contributed by atoms with Crippen molar-refractivity contribution in [1.29, 1.82) is 0 Å². The molecule has 10 heteroatoms. The van der Waals surface area contributed by atoms with Crippen LogP contribution in [0.4, 0.5) is 0 Å². The number of aromatic nitrogens is 2. The van der Waals surface area contributed by atoms with Crippen LogP contribution in [0.2, 0.25) is 0 Å². The lowest BCUT2D eigenvalue weighted by Crippen LogP contribution is -2.52. The molecule has 0 aliphatic heterocycles. The lowest BCUT2D eigenvalue weighted by atomic mass is 10.0. The van der Waals surface area contributed by atoms with Crippen molar-refractivity contribution in [3.63, 3.8) is 0 Å². The zero-order valence-electron chi connectivity index (χ0n) is 15.9. The van der Waals surface area contributed by atoms with Crippen molar-refractivity contribution in [2.24, 2.45) is 5.73 Å². The first-order chi connectivity index (χ1) is 11.9. The number of carbonyl (C=O) groups is 3. The highest BCUT2D eigenvalue weighted by molar-refractivity contribution is 8.00. The van der Waals surface area contributed by atoms with Crippen LogP contribution in [0.5, 0.6) is 0 Å². The zero-order valence-corrected chi connectivity index (χ0v) is 16.7. The first kappa shape index (κ1) is 26.2. The van der Waals surface area contributed by atoms with Gasteiger partial charge < -0.3 is 25.8 Å². The van der Waals surface area contributed by atoms with Crippen LogP contribution in [0.3, 0.4) is 0 Å². The summed E-state index contributed by atoms with van der Waals surface area (Å²) in [5.41, 5.74) is 5.93. The van der Waals surface area contributed by atoms with Crippen molar-refractivity contribution in [1.82, 2.24) is 14.9 Å². The molecule has 0 radical (unpaired) electrons. The molecule has 5 N–H and O–H groups in total. The summed E-state index contributed by atoms with van der Waals surface area (Å²) < 4.78 is 1.74. The smallest absolute Gasteiger partial charge is 0.300 e. The van der Waals surface area contributed by atoms with Gasteiger partial charge in [0.1, 0.15) is 0 Å². The number of rotatable bonds is 7. The third-order valence-corrected chi connectivity index (χ3v) is 4.32. The van der Waals surface area contributed by atoms with E-state index in [-0.39, 0.29) is 10.7 Å². The Labute approximate surface area is 158 Å². The lowest BCUT2D eigenvalue weighted by Gasteiger charge is -2.28. The summed E-state index contributed by atoms with van der Waals surface area (Å²) in [4.78, 5) is 33.8. The molecule has 1 amide bonds. The van der Waals surface area contributed by atoms with E-state index < -0.39 is 18.0 Å². The van der Waals surface area contributed by atoms with E-state index in [1.807, 2.05) is 30.9 Å². The quantitative estimate of drug-likeness (QED) is 0.505. The maximum atomic E-state index is 11.8. The SMILES string of the molecule is CC(=O)O.CC(=O)O.CSC(C)(C)[C@H](N)C(=O)NCCCn1ccnc1. The van der Waals surface area contributed by atoms with E-state index in [1.165, 1.54) is 0 Å². The van der Waals surface area contributed by atoms with E-state index in [1.54, 1.807) is 24.3 Å². The molecule has 0 unspecified atom stereocenters. The number of nitrogens with zero attached hydrogens (tertiary/aromatic N) is 2. The highest BCUT2D eigenvalue weighted by Gasteiger charge is 2.30. The van der Waals surface area contributed by atoms with Gasteiger partial charge in [0.25, 0.3) is 11.9 Å². The number of hydrogen-bond acceptors (Lipinski definition) is 6. The van der Waals surface area contributed by atoms with Gasteiger partial charge >= 0.3 is 0 Å². The van der Waals surface area contributed by atoms with E-state index in [9.17, 15) is 4.79 Å². The summed E-state index contributed by atoms with van der Waals surface area (Å²) in [6, 6.07) is -0.485. The summed E-state index contributed by atoms with van der Waals surface area (Å²) >= 11 is 1.60. The molecule has 1 aromatic rings. The highest BCUT2D eigenvalue weighted by Crippen LogP contribution is 2.24. The molecule has 0 aromatic carbocycles. The Hall–Kier alpha value is -2.07.